The molecule has 2 rings (SSSR count). The Morgan fingerprint density at radius 1 is 1.29 bits per heavy atom. The first-order valence-corrected chi connectivity index (χ1v) is 6.37. The largest absolute Gasteiger partial charge is 0.316 e. The number of halogens is 1. The van der Waals surface area contributed by atoms with Crippen molar-refractivity contribution in [1.82, 2.24) is 5.32 Å². The molecule has 0 spiro atoms. The molecule has 1 saturated heterocycles. The van der Waals surface area contributed by atoms with Crippen molar-refractivity contribution >= 4 is 23.4 Å². The third-order valence-corrected chi connectivity index (χ3v) is 4.11. The second kappa shape index (κ2) is 5.06. The summed E-state index contributed by atoms with van der Waals surface area (Å²) in [7, 11) is 0. The number of benzene rings is 1. The molecule has 0 radical (unpaired) electrons. The zero-order valence-corrected chi connectivity index (χ0v) is 9.57. The maximum Gasteiger partial charge on any atom is 0.0449 e. The third kappa shape index (κ3) is 2.44. The lowest BCUT2D eigenvalue weighted by Crippen LogP contribution is -2.15. The number of rotatable bonds is 1. The van der Waals surface area contributed by atoms with Gasteiger partial charge in [-0.05, 0) is 24.6 Å². The van der Waals surface area contributed by atoms with E-state index in [1.807, 2.05) is 23.9 Å². The summed E-state index contributed by atoms with van der Waals surface area (Å²) in [5.74, 6) is 1.18. The van der Waals surface area contributed by atoms with Gasteiger partial charge in [-0.3, -0.25) is 0 Å². The molecule has 0 saturated carbocycles. The van der Waals surface area contributed by atoms with E-state index in [0.717, 1.165) is 18.1 Å². The molecule has 0 bridgehead atoms. The number of thioether (sulfide) groups is 1. The van der Waals surface area contributed by atoms with Gasteiger partial charge >= 0.3 is 0 Å². The van der Waals surface area contributed by atoms with Gasteiger partial charge in [-0.2, -0.15) is 11.8 Å². The first-order chi connectivity index (χ1) is 6.88. The fraction of sp³-hybridized carbons (Fsp3) is 0.455. The zero-order valence-electron chi connectivity index (χ0n) is 8.00. The van der Waals surface area contributed by atoms with Crippen LogP contribution in [0.15, 0.2) is 24.3 Å². The fourth-order valence-electron chi connectivity index (χ4n) is 1.70. The molecule has 1 atom stereocenters. The van der Waals surface area contributed by atoms with Gasteiger partial charge in [0.25, 0.3) is 0 Å². The van der Waals surface area contributed by atoms with Gasteiger partial charge in [-0.15, -0.1) is 0 Å². The maximum absolute atomic E-state index is 6.18. The van der Waals surface area contributed by atoms with Crippen molar-refractivity contribution in [3.05, 3.63) is 34.9 Å². The summed E-state index contributed by atoms with van der Waals surface area (Å²) in [5.41, 5.74) is 1.29. The number of hydrogen-bond acceptors (Lipinski definition) is 2. The third-order valence-electron chi connectivity index (χ3n) is 2.43. The van der Waals surface area contributed by atoms with Crippen molar-refractivity contribution in [3.63, 3.8) is 0 Å². The second-order valence-corrected chi connectivity index (χ2v) is 5.14. The predicted molar refractivity (Wildman–Crippen MR) is 64.1 cm³/mol. The lowest BCUT2D eigenvalue weighted by atomic mass is 10.1. The van der Waals surface area contributed by atoms with Gasteiger partial charge < -0.3 is 5.32 Å². The molecule has 0 unspecified atom stereocenters. The highest BCUT2D eigenvalue weighted by molar-refractivity contribution is 7.99. The van der Waals surface area contributed by atoms with E-state index in [2.05, 4.69) is 17.4 Å². The average Bonchev–Trinajstić information content (AvgIpc) is 2.47. The molecule has 1 fully saturated rings. The van der Waals surface area contributed by atoms with Crippen LogP contribution in [0.2, 0.25) is 5.02 Å². The molecule has 1 nitrogen and oxygen atoms in total. The van der Waals surface area contributed by atoms with Crippen molar-refractivity contribution in [1.29, 1.82) is 0 Å². The molecular formula is C11H14ClNS. The molecule has 14 heavy (non-hydrogen) atoms. The topological polar surface area (TPSA) is 12.0 Å². The van der Waals surface area contributed by atoms with Gasteiger partial charge in [-0.1, -0.05) is 29.8 Å². The number of nitrogens with one attached hydrogen (secondary N) is 1. The minimum atomic E-state index is 0.568. The Hall–Kier alpha value is -0.180. The Balaban J connectivity index is 2.16. The maximum atomic E-state index is 6.18. The Morgan fingerprint density at radius 3 is 3.00 bits per heavy atom. The van der Waals surface area contributed by atoms with Crippen LogP contribution in [-0.2, 0) is 0 Å². The lowest BCUT2D eigenvalue weighted by Gasteiger charge is -2.14. The molecule has 1 aliphatic heterocycles. The summed E-state index contributed by atoms with van der Waals surface area (Å²) in [6.07, 6.45) is 1.18. The monoisotopic (exact) mass is 227 g/mol. The van der Waals surface area contributed by atoms with Crippen molar-refractivity contribution < 1.29 is 0 Å². The summed E-state index contributed by atoms with van der Waals surface area (Å²) in [6, 6.07) is 8.19. The van der Waals surface area contributed by atoms with E-state index < -0.39 is 0 Å². The van der Waals surface area contributed by atoms with Gasteiger partial charge in [-0.25, -0.2) is 0 Å². The Bertz CT molecular complexity index is 295. The van der Waals surface area contributed by atoms with E-state index in [-0.39, 0.29) is 0 Å². The highest BCUT2D eigenvalue weighted by Crippen LogP contribution is 2.36. The van der Waals surface area contributed by atoms with Crippen LogP contribution in [-0.4, -0.2) is 18.8 Å². The van der Waals surface area contributed by atoms with E-state index in [9.17, 15) is 0 Å². The van der Waals surface area contributed by atoms with Gasteiger partial charge in [0, 0.05) is 22.6 Å². The van der Waals surface area contributed by atoms with E-state index in [1.54, 1.807) is 0 Å². The normalized spacial score (nSPS) is 23.1. The number of hydrogen-bond donors (Lipinski definition) is 1. The quantitative estimate of drug-likeness (QED) is 0.792. The SMILES string of the molecule is Clc1ccccc1[C@@H]1CCNCCS1. The van der Waals surface area contributed by atoms with Crippen LogP contribution < -0.4 is 5.32 Å². The van der Waals surface area contributed by atoms with Crippen LogP contribution in [0.1, 0.15) is 17.2 Å². The first kappa shape index (κ1) is 10.3. The molecule has 1 aromatic carbocycles. The van der Waals surface area contributed by atoms with E-state index >= 15 is 0 Å². The minimum absolute atomic E-state index is 0.568. The molecule has 0 aromatic heterocycles. The van der Waals surface area contributed by atoms with E-state index in [1.165, 1.54) is 17.7 Å². The van der Waals surface area contributed by atoms with Crippen molar-refractivity contribution in [3.8, 4) is 0 Å². The van der Waals surface area contributed by atoms with Crippen LogP contribution in [0, 0.1) is 0 Å². The van der Waals surface area contributed by atoms with Crippen molar-refractivity contribution in [2.24, 2.45) is 0 Å². The molecule has 1 heterocycles. The summed E-state index contributed by atoms with van der Waals surface area (Å²) in [5, 5.41) is 4.88. The summed E-state index contributed by atoms with van der Waals surface area (Å²) < 4.78 is 0. The minimum Gasteiger partial charge on any atom is -0.316 e. The van der Waals surface area contributed by atoms with Crippen LogP contribution in [0.25, 0.3) is 0 Å². The van der Waals surface area contributed by atoms with Crippen LogP contribution in [0.5, 0.6) is 0 Å². The highest BCUT2D eigenvalue weighted by Gasteiger charge is 2.16. The van der Waals surface area contributed by atoms with Crippen LogP contribution in [0.4, 0.5) is 0 Å². The Kier molecular flexibility index (Phi) is 3.74. The van der Waals surface area contributed by atoms with Crippen molar-refractivity contribution in [2.45, 2.75) is 11.7 Å². The molecule has 1 aliphatic rings. The van der Waals surface area contributed by atoms with Gasteiger partial charge in [0.05, 0.1) is 0 Å². The van der Waals surface area contributed by atoms with Gasteiger partial charge in [0.15, 0.2) is 0 Å². The average molecular weight is 228 g/mol. The predicted octanol–water partition coefficient (Wildman–Crippen LogP) is 3.11. The summed E-state index contributed by atoms with van der Waals surface area (Å²) >= 11 is 8.18. The van der Waals surface area contributed by atoms with Gasteiger partial charge in [0.2, 0.25) is 0 Å². The molecule has 0 amide bonds. The summed E-state index contributed by atoms with van der Waals surface area (Å²) in [4.78, 5) is 0. The van der Waals surface area contributed by atoms with Crippen LogP contribution in [0.3, 0.4) is 0 Å². The molecule has 0 aliphatic carbocycles. The molecule has 76 valence electrons. The fourth-order valence-corrected chi connectivity index (χ4v) is 3.24. The lowest BCUT2D eigenvalue weighted by molar-refractivity contribution is 0.687. The molecular weight excluding hydrogens is 214 g/mol. The Morgan fingerprint density at radius 2 is 2.14 bits per heavy atom. The summed E-state index contributed by atoms with van der Waals surface area (Å²) in [6.45, 7) is 2.22. The molecule has 1 N–H and O–H groups in total. The standard InChI is InChI=1S/C11H14ClNS/c12-10-4-2-1-3-9(10)11-5-6-13-7-8-14-11/h1-4,11,13H,5-8H2/t11-/m0/s1. The second-order valence-electron chi connectivity index (χ2n) is 3.42. The molecule has 1 aromatic rings. The van der Waals surface area contributed by atoms with E-state index in [0.29, 0.717) is 5.25 Å². The van der Waals surface area contributed by atoms with Crippen LogP contribution >= 0.6 is 23.4 Å². The zero-order chi connectivity index (χ0) is 9.80. The van der Waals surface area contributed by atoms with E-state index in [4.69, 9.17) is 11.6 Å². The Labute approximate surface area is 94.2 Å². The smallest absolute Gasteiger partial charge is 0.0449 e. The highest BCUT2D eigenvalue weighted by atomic mass is 35.5. The first-order valence-electron chi connectivity index (χ1n) is 4.94. The van der Waals surface area contributed by atoms with Crippen molar-refractivity contribution in [2.75, 3.05) is 18.8 Å². The van der Waals surface area contributed by atoms with Gasteiger partial charge in [0.1, 0.15) is 0 Å². The molecule has 3 heteroatoms.